The predicted molar refractivity (Wildman–Crippen MR) is 56.8 cm³/mol. The molecule has 0 radical (unpaired) electrons. The summed E-state index contributed by atoms with van der Waals surface area (Å²) in [5.41, 5.74) is 0. The van der Waals surface area contributed by atoms with E-state index in [2.05, 4.69) is 9.72 Å². The van der Waals surface area contributed by atoms with E-state index in [9.17, 15) is 13.2 Å². The molecule has 0 aliphatic rings. The van der Waals surface area contributed by atoms with E-state index in [0.717, 1.165) is 0 Å². The number of sulfonamides is 1. The Labute approximate surface area is 98.3 Å². The second kappa shape index (κ2) is 5.25. The van der Waals surface area contributed by atoms with Gasteiger partial charge in [-0.2, -0.15) is 4.72 Å². The fourth-order valence-electron chi connectivity index (χ4n) is 1.10. The van der Waals surface area contributed by atoms with Crippen LogP contribution in [-0.2, 0) is 26.6 Å². The summed E-state index contributed by atoms with van der Waals surface area (Å²) in [4.78, 5) is 14.4. The van der Waals surface area contributed by atoms with Crippen molar-refractivity contribution in [3.63, 3.8) is 0 Å². The van der Waals surface area contributed by atoms with Crippen LogP contribution in [-0.4, -0.2) is 48.8 Å². The lowest BCUT2D eigenvalue weighted by Gasteiger charge is -2.12. The maximum absolute atomic E-state index is 11.7. The molecule has 1 atom stereocenters. The highest BCUT2D eigenvalue weighted by molar-refractivity contribution is 7.89. The monoisotopic (exact) mass is 263 g/mol. The number of ether oxygens (including phenoxy) is 1. The fourth-order valence-corrected chi connectivity index (χ4v) is 2.25. The first-order valence-electron chi connectivity index (χ1n) is 4.59. The third kappa shape index (κ3) is 3.51. The van der Waals surface area contributed by atoms with Crippen molar-refractivity contribution in [2.45, 2.75) is 11.1 Å². The summed E-state index contributed by atoms with van der Waals surface area (Å²) in [6.07, 6.45) is 2.58. The highest BCUT2D eigenvalue weighted by Crippen LogP contribution is 2.05. The van der Waals surface area contributed by atoms with Crippen molar-refractivity contribution in [3.8, 4) is 0 Å². The van der Waals surface area contributed by atoms with Crippen LogP contribution in [0.15, 0.2) is 17.6 Å². The van der Waals surface area contributed by atoms with Gasteiger partial charge >= 0.3 is 5.97 Å². The number of carbonyl (C=O) groups is 1. The predicted octanol–water partition coefficient (Wildman–Crippen LogP) is -1.20. The summed E-state index contributed by atoms with van der Waals surface area (Å²) in [6.45, 7) is -0.263. The standard InChI is InChI=1S/C8H13N3O5S/c1-11-3-7(9-5-11)17(14,15)10-6(4-16-2)8(12)13/h3,5-6,10H,4H2,1-2H3,(H,12,13). The van der Waals surface area contributed by atoms with Gasteiger partial charge in [-0.05, 0) is 0 Å². The maximum atomic E-state index is 11.7. The number of carboxylic acids is 1. The van der Waals surface area contributed by atoms with Crippen molar-refractivity contribution < 1.29 is 23.1 Å². The Bertz CT molecular complexity index is 495. The van der Waals surface area contributed by atoms with Crippen LogP contribution in [0, 0.1) is 0 Å². The van der Waals surface area contributed by atoms with Crippen LogP contribution in [0.2, 0.25) is 0 Å². The van der Waals surface area contributed by atoms with Crippen LogP contribution in [0.3, 0.4) is 0 Å². The molecule has 96 valence electrons. The lowest BCUT2D eigenvalue weighted by Crippen LogP contribution is -2.43. The van der Waals surface area contributed by atoms with Gasteiger partial charge in [0, 0.05) is 20.4 Å². The molecule has 2 N–H and O–H groups in total. The van der Waals surface area contributed by atoms with Gasteiger partial charge in [-0.1, -0.05) is 0 Å². The summed E-state index contributed by atoms with van der Waals surface area (Å²) >= 11 is 0. The first kappa shape index (κ1) is 13.6. The van der Waals surface area contributed by atoms with Gasteiger partial charge in [-0.15, -0.1) is 0 Å². The summed E-state index contributed by atoms with van der Waals surface area (Å²) in [6, 6.07) is -1.34. The number of hydrogen-bond acceptors (Lipinski definition) is 5. The van der Waals surface area contributed by atoms with Crippen LogP contribution in [0.25, 0.3) is 0 Å². The Morgan fingerprint density at radius 3 is 2.76 bits per heavy atom. The van der Waals surface area contributed by atoms with E-state index >= 15 is 0 Å². The molecule has 0 aliphatic heterocycles. The molecule has 0 saturated carbocycles. The highest BCUT2D eigenvalue weighted by atomic mass is 32.2. The third-order valence-electron chi connectivity index (χ3n) is 1.89. The van der Waals surface area contributed by atoms with E-state index in [1.165, 1.54) is 24.2 Å². The van der Waals surface area contributed by atoms with Gasteiger partial charge < -0.3 is 14.4 Å². The highest BCUT2D eigenvalue weighted by Gasteiger charge is 2.26. The van der Waals surface area contributed by atoms with Crippen molar-refractivity contribution in [3.05, 3.63) is 12.5 Å². The Balaban J connectivity index is 2.88. The minimum Gasteiger partial charge on any atom is -0.480 e. The number of aliphatic carboxylic acids is 1. The molecule has 0 aromatic carbocycles. The molecule has 9 heteroatoms. The summed E-state index contributed by atoms with van der Waals surface area (Å²) < 4.78 is 31.5. The Hall–Kier alpha value is -1.45. The molecule has 0 fully saturated rings. The van der Waals surface area contributed by atoms with E-state index in [1.54, 1.807) is 7.05 Å². The summed E-state index contributed by atoms with van der Waals surface area (Å²) in [5.74, 6) is -1.31. The lowest BCUT2D eigenvalue weighted by molar-refractivity contribution is -0.140. The number of rotatable bonds is 6. The number of carboxylic acid groups (broad SMARTS) is 1. The van der Waals surface area contributed by atoms with Crippen LogP contribution < -0.4 is 4.72 Å². The van der Waals surface area contributed by atoms with Gasteiger partial charge in [0.1, 0.15) is 6.04 Å². The lowest BCUT2D eigenvalue weighted by atomic mass is 10.3. The summed E-state index contributed by atoms with van der Waals surface area (Å²) in [5, 5.41) is 8.55. The Morgan fingerprint density at radius 1 is 1.71 bits per heavy atom. The Morgan fingerprint density at radius 2 is 2.35 bits per heavy atom. The molecule has 1 rings (SSSR count). The first-order valence-corrected chi connectivity index (χ1v) is 6.07. The summed E-state index contributed by atoms with van der Waals surface area (Å²) in [7, 11) is -1.06. The minimum atomic E-state index is -3.95. The van der Waals surface area contributed by atoms with Crippen LogP contribution >= 0.6 is 0 Å². The third-order valence-corrected chi connectivity index (χ3v) is 3.24. The van der Waals surface area contributed by atoms with Crippen molar-refractivity contribution in [1.29, 1.82) is 0 Å². The average Bonchev–Trinajstić information content (AvgIpc) is 2.64. The largest absolute Gasteiger partial charge is 0.480 e. The van der Waals surface area contributed by atoms with Gasteiger partial charge in [0.05, 0.1) is 12.9 Å². The zero-order valence-electron chi connectivity index (χ0n) is 9.32. The molecule has 0 spiro atoms. The second-order valence-electron chi connectivity index (χ2n) is 3.34. The number of hydrogen-bond donors (Lipinski definition) is 2. The number of aromatic nitrogens is 2. The minimum absolute atomic E-state index is 0.234. The van der Waals surface area contributed by atoms with Crippen LogP contribution in [0.1, 0.15) is 0 Å². The quantitative estimate of drug-likeness (QED) is 0.667. The topological polar surface area (TPSA) is 111 Å². The van der Waals surface area contributed by atoms with Gasteiger partial charge in [0.25, 0.3) is 10.0 Å². The number of aryl methyl sites for hydroxylation is 1. The molecule has 8 nitrogen and oxygen atoms in total. The normalized spacial score (nSPS) is 13.5. The van der Waals surface area contributed by atoms with E-state index in [-0.39, 0.29) is 11.6 Å². The van der Waals surface area contributed by atoms with Crippen molar-refractivity contribution >= 4 is 16.0 Å². The smallest absolute Gasteiger partial charge is 0.324 e. The molecule has 1 aromatic rings. The van der Waals surface area contributed by atoms with Crippen LogP contribution in [0.5, 0.6) is 0 Å². The van der Waals surface area contributed by atoms with Crippen molar-refractivity contribution in [1.82, 2.24) is 14.3 Å². The molecule has 0 bridgehead atoms. The zero-order valence-corrected chi connectivity index (χ0v) is 10.1. The van der Waals surface area contributed by atoms with Crippen molar-refractivity contribution in [2.24, 2.45) is 7.05 Å². The van der Waals surface area contributed by atoms with E-state index in [1.807, 2.05) is 4.72 Å². The molecule has 17 heavy (non-hydrogen) atoms. The second-order valence-corrected chi connectivity index (χ2v) is 5.01. The van der Waals surface area contributed by atoms with Gasteiger partial charge in [-0.3, -0.25) is 4.79 Å². The zero-order chi connectivity index (χ0) is 13.1. The fraction of sp³-hybridized carbons (Fsp3) is 0.500. The molecule has 1 aromatic heterocycles. The molecule has 0 aliphatic carbocycles. The maximum Gasteiger partial charge on any atom is 0.324 e. The number of nitrogens with zero attached hydrogens (tertiary/aromatic N) is 2. The SMILES string of the molecule is COCC(NS(=O)(=O)c1cn(C)cn1)C(=O)O. The first-order chi connectivity index (χ1) is 7.86. The molecule has 0 amide bonds. The molecule has 0 saturated heterocycles. The molecular formula is C8H13N3O5S. The van der Waals surface area contributed by atoms with Gasteiger partial charge in [-0.25, -0.2) is 13.4 Å². The number of nitrogens with one attached hydrogen (secondary N) is 1. The molecule has 1 heterocycles. The van der Waals surface area contributed by atoms with E-state index in [0.29, 0.717) is 0 Å². The number of imidazole rings is 1. The van der Waals surface area contributed by atoms with E-state index in [4.69, 9.17) is 5.11 Å². The van der Waals surface area contributed by atoms with E-state index < -0.39 is 22.0 Å². The molecule has 1 unspecified atom stereocenters. The van der Waals surface area contributed by atoms with Crippen molar-refractivity contribution in [2.75, 3.05) is 13.7 Å². The Kier molecular flexibility index (Phi) is 4.21. The molecular weight excluding hydrogens is 250 g/mol. The van der Waals surface area contributed by atoms with Gasteiger partial charge in [0.2, 0.25) is 0 Å². The number of methoxy groups -OCH3 is 1. The van der Waals surface area contributed by atoms with Gasteiger partial charge in [0.15, 0.2) is 5.03 Å². The van der Waals surface area contributed by atoms with Crippen LogP contribution in [0.4, 0.5) is 0 Å². The average molecular weight is 263 g/mol.